The summed E-state index contributed by atoms with van der Waals surface area (Å²) in [4.78, 5) is 0. The van der Waals surface area contributed by atoms with Gasteiger partial charge in [-0.2, -0.15) is 0 Å². The summed E-state index contributed by atoms with van der Waals surface area (Å²) in [5.74, 6) is 0.459. The number of hydrogen-bond donors (Lipinski definition) is 2. The van der Waals surface area contributed by atoms with Crippen molar-refractivity contribution in [2.75, 3.05) is 0 Å². The Morgan fingerprint density at radius 1 is 0.950 bits per heavy atom. The number of rotatable bonds is 12. The van der Waals surface area contributed by atoms with Gasteiger partial charge in [-0.1, -0.05) is 66.2 Å². The number of aliphatic hydroxyl groups excluding tert-OH is 1. The van der Waals surface area contributed by atoms with Crippen LogP contribution in [0.1, 0.15) is 92.4 Å². The zero-order valence-electron chi connectivity index (χ0n) is 14.5. The number of aliphatic hydroxyl groups is 2. The van der Waals surface area contributed by atoms with E-state index in [1.807, 2.05) is 6.92 Å². The normalized spacial score (nSPS) is 18.0. The van der Waals surface area contributed by atoms with Gasteiger partial charge in [0.1, 0.15) is 0 Å². The summed E-state index contributed by atoms with van der Waals surface area (Å²) in [6.45, 7) is 10.4. The van der Waals surface area contributed by atoms with E-state index in [1.54, 1.807) is 0 Å². The van der Waals surface area contributed by atoms with Gasteiger partial charge in [0.15, 0.2) is 0 Å². The Morgan fingerprint density at radius 3 is 2.00 bits per heavy atom. The Morgan fingerprint density at radius 2 is 1.50 bits per heavy atom. The molecule has 0 aliphatic rings. The molecule has 0 rings (SSSR count). The molecule has 0 saturated heterocycles. The Kier molecular flexibility index (Phi) is 10.6. The monoisotopic (exact) mass is 286 g/mol. The van der Waals surface area contributed by atoms with Crippen LogP contribution < -0.4 is 0 Å². The fourth-order valence-electron chi connectivity index (χ4n) is 3.44. The fourth-order valence-corrected chi connectivity index (χ4v) is 3.44. The third-order valence-electron chi connectivity index (χ3n) is 4.38. The zero-order chi connectivity index (χ0) is 15.6. The molecule has 0 spiro atoms. The highest BCUT2D eigenvalue weighted by atomic mass is 16.3. The second-order valence-electron chi connectivity index (χ2n) is 7.09. The molecule has 0 saturated carbocycles. The zero-order valence-corrected chi connectivity index (χ0v) is 14.5. The average Bonchev–Trinajstić information content (AvgIpc) is 2.32. The largest absolute Gasteiger partial charge is 0.393 e. The molecule has 0 aromatic rings. The molecule has 0 amide bonds. The van der Waals surface area contributed by atoms with Crippen molar-refractivity contribution < 1.29 is 10.2 Å². The molecule has 3 atom stereocenters. The van der Waals surface area contributed by atoms with E-state index in [0.717, 1.165) is 25.7 Å². The van der Waals surface area contributed by atoms with E-state index in [-0.39, 0.29) is 12.0 Å². The van der Waals surface area contributed by atoms with E-state index >= 15 is 0 Å². The molecule has 2 nitrogen and oxygen atoms in total. The highest BCUT2D eigenvalue weighted by Crippen LogP contribution is 2.32. The van der Waals surface area contributed by atoms with Crippen molar-refractivity contribution in [1.82, 2.24) is 0 Å². The molecule has 3 unspecified atom stereocenters. The predicted octanol–water partition coefficient (Wildman–Crippen LogP) is 4.92. The van der Waals surface area contributed by atoms with Crippen molar-refractivity contribution in [1.29, 1.82) is 0 Å². The SMILES string of the molecule is CCCCCCCCC(O)C(CC)C(C)(O)CC(C)C. The van der Waals surface area contributed by atoms with Crippen LogP contribution in [0.25, 0.3) is 0 Å². The van der Waals surface area contributed by atoms with Crippen LogP contribution in [-0.2, 0) is 0 Å². The van der Waals surface area contributed by atoms with Gasteiger partial charge in [-0.3, -0.25) is 0 Å². The van der Waals surface area contributed by atoms with Crippen LogP contribution in [0.3, 0.4) is 0 Å². The number of hydrogen-bond acceptors (Lipinski definition) is 2. The van der Waals surface area contributed by atoms with Gasteiger partial charge < -0.3 is 10.2 Å². The molecule has 0 aromatic heterocycles. The van der Waals surface area contributed by atoms with Crippen molar-refractivity contribution in [3.63, 3.8) is 0 Å². The first-order valence-electron chi connectivity index (χ1n) is 8.75. The molecule has 0 heterocycles. The van der Waals surface area contributed by atoms with E-state index in [4.69, 9.17) is 0 Å². The van der Waals surface area contributed by atoms with Gasteiger partial charge >= 0.3 is 0 Å². The topological polar surface area (TPSA) is 40.5 Å². The van der Waals surface area contributed by atoms with Crippen LogP contribution in [0, 0.1) is 11.8 Å². The van der Waals surface area contributed by atoms with E-state index in [9.17, 15) is 10.2 Å². The summed E-state index contributed by atoms with van der Waals surface area (Å²) in [5.41, 5.74) is -0.745. The molecule has 0 bridgehead atoms. The Hall–Kier alpha value is -0.0800. The van der Waals surface area contributed by atoms with Crippen molar-refractivity contribution in [2.45, 2.75) is 104 Å². The van der Waals surface area contributed by atoms with Gasteiger partial charge in [0.05, 0.1) is 11.7 Å². The van der Waals surface area contributed by atoms with Gasteiger partial charge in [-0.15, -0.1) is 0 Å². The second-order valence-corrected chi connectivity index (χ2v) is 7.09. The van der Waals surface area contributed by atoms with Crippen LogP contribution in [0.4, 0.5) is 0 Å². The molecule has 0 aliphatic carbocycles. The minimum absolute atomic E-state index is 0.000502. The highest BCUT2D eigenvalue weighted by molar-refractivity contribution is 4.86. The van der Waals surface area contributed by atoms with Gasteiger partial charge in [0.2, 0.25) is 0 Å². The Bertz CT molecular complexity index is 223. The quantitative estimate of drug-likeness (QED) is 0.500. The third kappa shape index (κ3) is 8.26. The third-order valence-corrected chi connectivity index (χ3v) is 4.38. The maximum Gasteiger partial charge on any atom is 0.0674 e. The minimum atomic E-state index is -0.745. The summed E-state index contributed by atoms with van der Waals surface area (Å²) in [6.07, 6.45) is 9.56. The molecule has 0 radical (unpaired) electrons. The van der Waals surface area contributed by atoms with Crippen molar-refractivity contribution >= 4 is 0 Å². The number of unbranched alkanes of at least 4 members (excludes halogenated alkanes) is 5. The first kappa shape index (κ1) is 19.9. The molecule has 0 aliphatic heterocycles. The predicted molar refractivity (Wildman–Crippen MR) is 87.9 cm³/mol. The van der Waals surface area contributed by atoms with E-state index in [1.165, 1.54) is 32.1 Å². The van der Waals surface area contributed by atoms with Crippen LogP contribution in [-0.4, -0.2) is 21.9 Å². The summed E-state index contributed by atoms with van der Waals surface area (Å²) >= 11 is 0. The first-order valence-corrected chi connectivity index (χ1v) is 8.75. The summed E-state index contributed by atoms with van der Waals surface area (Å²) in [7, 11) is 0. The summed E-state index contributed by atoms with van der Waals surface area (Å²) in [5, 5.41) is 21.0. The van der Waals surface area contributed by atoms with Gasteiger partial charge in [0, 0.05) is 5.92 Å². The minimum Gasteiger partial charge on any atom is -0.393 e. The van der Waals surface area contributed by atoms with Crippen LogP contribution in [0.2, 0.25) is 0 Å². The Labute approximate surface area is 127 Å². The highest BCUT2D eigenvalue weighted by Gasteiger charge is 2.35. The molecular weight excluding hydrogens is 248 g/mol. The van der Waals surface area contributed by atoms with Crippen molar-refractivity contribution in [2.24, 2.45) is 11.8 Å². The lowest BCUT2D eigenvalue weighted by molar-refractivity contribution is -0.0748. The lowest BCUT2D eigenvalue weighted by atomic mass is 9.76. The fraction of sp³-hybridized carbons (Fsp3) is 1.00. The molecular formula is C18H38O2. The standard InChI is InChI=1S/C18H38O2/c1-6-8-9-10-11-12-13-17(19)16(7-2)18(5,20)14-15(3)4/h15-17,19-20H,6-14H2,1-5H3. The summed E-state index contributed by atoms with van der Waals surface area (Å²) < 4.78 is 0. The molecule has 2 heteroatoms. The molecule has 0 fully saturated rings. The molecule has 2 N–H and O–H groups in total. The first-order chi connectivity index (χ1) is 9.35. The van der Waals surface area contributed by atoms with E-state index in [2.05, 4.69) is 27.7 Å². The maximum absolute atomic E-state index is 10.6. The summed E-state index contributed by atoms with van der Waals surface area (Å²) in [6, 6.07) is 0. The second kappa shape index (κ2) is 10.6. The van der Waals surface area contributed by atoms with E-state index in [0.29, 0.717) is 5.92 Å². The van der Waals surface area contributed by atoms with E-state index < -0.39 is 5.60 Å². The smallest absolute Gasteiger partial charge is 0.0674 e. The van der Waals surface area contributed by atoms with Gasteiger partial charge in [-0.05, 0) is 32.1 Å². The van der Waals surface area contributed by atoms with Gasteiger partial charge in [0.25, 0.3) is 0 Å². The molecule has 122 valence electrons. The maximum atomic E-state index is 10.6. The van der Waals surface area contributed by atoms with Crippen LogP contribution in [0.5, 0.6) is 0 Å². The van der Waals surface area contributed by atoms with Crippen LogP contribution in [0.15, 0.2) is 0 Å². The Balaban J connectivity index is 4.10. The molecule has 20 heavy (non-hydrogen) atoms. The van der Waals surface area contributed by atoms with Gasteiger partial charge in [-0.25, -0.2) is 0 Å². The van der Waals surface area contributed by atoms with Crippen molar-refractivity contribution in [3.05, 3.63) is 0 Å². The lowest BCUT2D eigenvalue weighted by Crippen LogP contribution is -2.42. The molecule has 0 aromatic carbocycles. The lowest BCUT2D eigenvalue weighted by Gasteiger charge is -2.37. The van der Waals surface area contributed by atoms with Crippen LogP contribution >= 0.6 is 0 Å². The van der Waals surface area contributed by atoms with Crippen molar-refractivity contribution in [3.8, 4) is 0 Å². The average molecular weight is 286 g/mol.